The van der Waals surface area contributed by atoms with Crippen LogP contribution in [-0.2, 0) is 14.8 Å². The van der Waals surface area contributed by atoms with Crippen molar-refractivity contribution in [3.05, 3.63) is 64.2 Å². The summed E-state index contributed by atoms with van der Waals surface area (Å²) in [5, 5.41) is 0. The summed E-state index contributed by atoms with van der Waals surface area (Å²) < 4.78 is 34.5. The second-order valence-corrected chi connectivity index (χ2v) is 9.97. The summed E-state index contributed by atoms with van der Waals surface area (Å²) >= 11 is 0. The maximum Gasteiger partial charge on any atom is 0.241 e. The SMILES string of the molecule is Cc1cc(C)c(C)c(S(=O)(=O)NCCCCN2CCO[C@H](c3ccccc3)C2)c1C. The summed E-state index contributed by atoms with van der Waals surface area (Å²) in [5.74, 6) is 0. The Balaban J connectivity index is 1.48. The number of morpholine rings is 1. The molecular formula is C24H34N2O3S. The van der Waals surface area contributed by atoms with E-state index in [-0.39, 0.29) is 6.10 Å². The molecule has 6 heteroatoms. The smallest absolute Gasteiger partial charge is 0.241 e. The zero-order chi connectivity index (χ0) is 21.7. The van der Waals surface area contributed by atoms with Crippen molar-refractivity contribution < 1.29 is 13.2 Å². The van der Waals surface area contributed by atoms with Crippen molar-refractivity contribution in [2.24, 2.45) is 0 Å². The third kappa shape index (κ3) is 5.49. The molecule has 5 nitrogen and oxygen atoms in total. The highest BCUT2D eigenvalue weighted by molar-refractivity contribution is 7.89. The summed E-state index contributed by atoms with van der Waals surface area (Å²) in [6.45, 7) is 11.7. The van der Waals surface area contributed by atoms with E-state index < -0.39 is 10.0 Å². The average Bonchev–Trinajstić information content (AvgIpc) is 2.73. The van der Waals surface area contributed by atoms with Gasteiger partial charge in [-0.05, 0) is 74.9 Å². The van der Waals surface area contributed by atoms with Gasteiger partial charge in [-0.1, -0.05) is 36.4 Å². The van der Waals surface area contributed by atoms with Gasteiger partial charge in [0, 0.05) is 19.6 Å². The van der Waals surface area contributed by atoms with Crippen LogP contribution in [0.25, 0.3) is 0 Å². The predicted molar refractivity (Wildman–Crippen MR) is 121 cm³/mol. The lowest BCUT2D eigenvalue weighted by Gasteiger charge is -2.33. The van der Waals surface area contributed by atoms with E-state index in [2.05, 4.69) is 27.8 Å². The van der Waals surface area contributed by atoms with E-state index >= 15 is 0 Å². The second-order valence-electron chi connectivity index (χ2n) is 8.27. The molecule has 1 fully saturated rings. The van der Waals surface area contributed by atoms with Gasteiger partial charge in [0.1, 0.15) is 0 Å². The first kappa shape index (κ1) is 22.9. The monoisotopic (exact) mass is 430 g/mol. The summed E-state index contributed by atoms with van der Waals surface area (Å²) in [6, 6.07) is 12.4. The highest BCUT2D eigenvalue weighted by atomic mass is 32.2. The maximum atomic E-state index is 12.9. The van der Waals surface area contributed by atoms with Crippen molar-refractivity contribution in [2.75, 3.05) is 32.8 Å². The van der Waals surface area contributed by atoms with Gasteiger partial charge in [-0.3, -0.25) is 4.90 Å². The van der Waals surface area contributed by atoms with Gasteiger partial charge in [0.05, 0.1) is 17.6 Å². The first-order chi connectivity index (χ1) is 14.3. The normalized spacial score (nSPS) is 17.9. The number of nitrogens with zero attached hydrogens (tertiary/aromatic N) is 1. The number of aryl methyl sites for hydroxylation is 2. The van der Waals surface area contributed by atoms with E-state index in [0.29, 0.717) is 11.4 Å². The standard InChI is InChI=1S/C24H34N2O3S/c1-18-16-19(2)21(4)24(20(18)3)30(27,28)25-12-8-9-13-26-14-15-29-23(17-26)22-10-6-5-7-11-22/h5-7,10-11,16,23,25H,8-9,12-15,17H2,1-4H3/t23-/m0/s1. The molecular weight excluding hydrogens is 396 g/mol. The van der Waals surface area contributed by atoms with Gasteiger partial charge in [0.2, 0.25) is 10.0 Å². The van der Waals surface area contributed by atoms with Gasteiger partial charge in [-0.15, -0.1) is 0 Å². The third-order valence-electron chi connectivity index (χ3n) is 6.08. The Kier molecular flexibility index (Phi) is 7.69. The zero-order valence-electron chi connectivity index (χ0n) is 18.6. The predicted octanol–water partition coefficient (Wildman–Crippen LogP) is 4.05. The number of hydrogen-bond acceptors (Lipinski definition) is 4. The fourth-order valence-corrected chi connectivity index (χ4v) is 5.78. The number of hydrogen-bond donors (Lipinski definition) is 1. The molecule has 0 amide bonds. The molecule has 0 saturated carbocycles. The van der Waals surface area contributed by atoms with Crippen LogP contribution in [0.1, 0.15) is 46.8 Å². The van der Waals surface area contributed by atoms with E-state index in [0.717, 1.165) is 61.3 Å². The highest BCUT2D eigenvalue weighted by Gasteiger charge is 2.23. The summed E-state index contributed by atoms with van der Waals surface area (Å²) in [5.41, 5.74) is 4.92. The molecule has 2 aromatic rings. The van der Waals surface area contributed by atoms with Gasteiger partial charge < -0.3 is 4.74 Å². The summed E-state index contributed by atoms with van der Waals surface area (Å²) in [6.07, 6.45) is 1.89. The van der Waals surface area contributed by atoms with Crippen LogP contribution in [0.15, 0.2) is 41.3 Å². The topological polar surface area (TPSA) is 58.6 Å². The lowest BCUT2D eigenvalue weighted by atomic mass is 10.0. The lowest BCUT2D eigenvalue weighted by molar-refractivity contribution is -0.0303. The molecule has 2 aromatic carbocycles. The Labute approximate surface area is 181 Å². The minimum atomic E-state index is -3.50. The minimum absolute atomic E-state index is 0.119. The number of rotatable bonds is 8. The molecule has 1 aliphatic heterocycles. The van der Waals surface area contributed by atoms with Gasteiger partial charge in [0.15, 0.2) is 0 Å². The van der Waals surface area contributed by atoms with Crippen LogP contribution in [0.4, 0.5) is 0 Å². The van der Waals surface area contributed by atoms with Crippen LogP contribution < -0.4 is 4.72 Å². The van der Waals surface area contributed by atoms with E-state index in [4.69, 9.17) is 4.74 Å². The Morgan fingerprint density at radius 2 is 1.70 bits per heavy atom. The van der Waals surface area contributed by atoms with E-state index in [9.17, 15) is 8.42 Å². The molecule has 0 aliphatic carbocycles. The van der Waals surface area contributed by atoms with Crippen LogP contribution in [0.2, 0.25) is 0 Å². The van der Waals surface area contributed by atoms with Crippen molar-refractivity contribution in [2.45, 2.75) is 51.5 Å². The highest BCUT2D eigenvalue weighted by Crippen LogP contribution is 2.26. The van der Waals surface area contributed by atoms with E-state index in [1.807, 2.05) is 45.9 Å². The number of ether oxygens (including phenoxy) is 1. The van der Waals surface area contributed by atoms with Crippen LogP contribution in [0.5, 0.6) is 0 Å². The van der Waals surface area contributed by atoms with Gasteiger partial charge >= 0.3 is 0 Å². The van der Waals surface area contributed by atoms with Crippen LogP contribution in [0, 0.1) is 27.7 Å². The molecule has 1 heterocycles. The molecule has 0 aromatic heterocycles. The van der Waals surface area contributed by atoms with Gasteiger partial charge in [0.25, 0.3) is 0 Å². The summed E-state index contributed by atoms with van der Waals surface area (Å²) in [7, 11) is -3.50. The lowest BCUT2D eigenvalue weighted by Crippen LogP contribution is -2.39. The van der Waals surface area contributed by atoms with Gasteiger partial charge in [-0.25, -0.2) is 13.1 Å². The quantitative estimate of drug-likeness (QED) is 0.642. The maximum absolute atomic E-state index is 12.9. The van der Waals surface area contributed by atoms with Crippen molar-refractivity contribution in [1.29, 1.82) is 0 Å². The second kappa shape index (κ2) is 10.1. The Hall–Kier alpha value is -1.73. The Bertz CT molecular complexity index is 932. The van der Waals surface area contributed by atoms with Crippen molar-refractivity contribution >= 4 is 10.0 Å². The molecule has 1 aliphatic rings. The number of benzene rings is 2. The van der Waals surface area contributed by atoms with Crippen molar-refractivity contribution in [3.8, 4) is 0 Å². The average molecular weight is 431 g/mol. The largest absolute Gasteiger partial charge is 0.371 e. The minimum Gasteiger partial charge on any atom is -0.371 e. The molecule has 0 unspecified atom stereocenters. The number of sulfonamides is 1. The molecule has 0 spiro atoms. The molecule has 0 radical (unpaired) electrons. The molecule has 164 valence electrons. The van der Waals surface area contributed by atoms with E-state index in [1.54, 1.807) is 0 Å². The fraction of sp³-hybridized carbons (Fsp3) is 0.500. The van der Waals surface area contributed by atoms with Crippen LogP contribution >= 0.6 is 0 Å². The molecule has 30 heavy (non-hydrogen) atoms. The van der Waals surface area contributed by atoms with E-state index in [1.165, 1.54) is 5.56 Å². The van der Waals surface area contributed by atoms with Gasteiger partial charge in [-0.2, -0.15) is 0 Å². The Morgan fingerprint density at radius 3 is 2.37 bits per heavy atom. The zero-order valence-corrected chi connectivity index (χ0v) is 19.4. The summed E-state index contributed by atoms with van der Waals surface area (Å²) in [4.78, 5) is 2.85. The first-order valence-electron chi connectivity index (χ1n) is 10.8. The molecule has 0 bridgehead atoms. The van der Waals surface area contributed by atoms with Crippen molar-refractivity contribution in [3.63, 3.8) is 0 Å². The fourth-order valence-electron chi connectivity index (χ4n) is 4.10. The first-order valence-corrected chi connectivity index (χ1v) is 12.2. The van der Waals surface area contributed by atoms with Crippen LogP contribution in [0.3, 0.4) is 0 Å². The molecule has 3 rings (SSSR count). The third-order valence-corrected chi connectivity index (χ3v) is 7.82. The van der Waals surface area contributed by atoms with Crippen molar-refractivity contribution in [1.82, 2.24) is 9.62 Å². The molecule has 1 saturated heterocycles. The number of nitrogens with one attached hydrogen (secondary N) is 1. The molecule has 1 atom stereocenters. The van der Waals surface area contributed by atoms with Crippen LogP contribution in [-0.4, -0.2) is 46.1 Å². The Morgan fingerprint density at radius 1 is 1.03 bits per heavy atom. The molecule has 1 N–H and O–H groups in total. The number of unbranched alkanes of at least 4 members (excludes halogenated alkanes) is 1.